The van der Waals surface area contributed by atoms with E-state index in [0.717, 1.165) is 32.5 Å². The normalized spacial score (nSPS) is 25.2. The Morgan fingerprint density at radius 1 is 1.43 bits per heavy atom. The van der Waals surface area contributed by atoms with Crippen LogP contribution in [0.4, 0.5) is 0 Å². The first-order chi connectivity index (χ1) is 11.2. The van der Waals surface area contributed by atoms with E-state index >= 15 is 0 Å². The fraction of sp³-hybridized carbons (Fsp3) is 0.706. The van der Waals surface area contributed by atoms with E-state index in [4.69, 9.17) is 9.47 Å². The Hall–Kier alpha value is -0.950. The van der Waals surface area contributed by atoms with E-state index in [1.165, 1.54) is 4.88 Å². The molecule has 0 unspecified atom stereocenters. The maximum Gasteiger partial charge on any atom is 0.236 e. The second kappa shape index (κ2) is 8.24. The number of ether oxygens (including phenoxy) is 2. The lowest BCUT2D eigenvalue weighted by atomic mass is 10.2. The van der Waals surface area contributed by atoms with E-state index in [0.29, 0.717) is 26.2 Å². The minimum atomic E-state index is 0.136. The van der Waals surface area contributed by atoms with Gasteiger partial charge in [0.25, 0.3) is 0 Å². The van der Waals surface area contributed by atoms with Crippen LogP contribution >= 0.6 is 11.3 Å². The molecule has 2 aliphatic rings. The highest BCUT2D eigenvalue weighted by Gasteiger charge is 2.25. The third-order valence-corrected chi connectivity index (χ3v) is 5.26. The van der Waals surface area contributed by atoms with Gasteiger partial charge in [0.05, 0.1) is 25.4 Å². The Morgan fingerprint density at radius 2 is 2.35 bits per heavy atom. The predicted molar refractivity (Wildman–Crippen MR) is 90.6 cm³/mol. The molecule has 3 rings (SSSR count). The SMILES string of the molecule is C[C@@H]1CN(C(=O)CN(Cc2cccs2)C[C@@H]2CCCO2)CCO1. The number of rotatable bonds is 6. The zero-order valence-corrected chi connectivity index (χ0v) is 14.6. The van der Waals surface area contributed by atoms with Crippen LogP contribution in [0.3, 0.4) is 0 Å². The van der Waals surface area contributed by atoms with E-state index in [1.54, 1.807) is 11.3 Å². The van der Waals surface area contributed by atoms with Gasteiger partial charge in [0.1, 0.15) is 0 Å². The Morgan fingerprint density at radius 3 is 3.04 bits per heavy atom. The molecular weight excluding hydrogens is 312 g/mol. The number of carbonyl (C=O) groups is 1. The van der Waals surface area contributed by atoms with Gasteiger partial charge in [-0.1, -0.05) is 6.07 Å². The van der Waals surface area contributed by atoms with Crippen molar-refractivity contribution in [3.8, 4) is 0 Å². The minimum absolute atomic E-state index is 0.136. The average Bonchev–Trinajstić information content (AvgIpc) is 3.21. The van der Waals surface area contributed by atoms with Crippen molar-refractivity contribution in [3.63, 3.8) is 0 Å². The van der Waals surface area contributed by atoms with Gasteiger partial charge in [-0.25, -0.2) is 0 Å². The Labute approximate surface area is 142 Å². The van der Waals surface area contributed by atoms with Crippen LogP contribution in [0.15, 0.2) is 17.5 Å². The van der Waals surface area contributed by atoms with Crippen molar-refractivity contribution < 1.29 is 14.3 Å². The van der Waals surface area contributed by atoms with E-state index in [1.807, 2.05) is 11.8 Å². The molecule has 0 aliphatic carbocycles. The molecule has 3 heterocycles. The fourth-order valence-electron chi connectivity index (χ4n) is 3.22. The Bertz CT molecular complexity index is 488. The summed E-state index contributed by atoms with van der Waals surface area (Å²) in [7, 11) is 0. The summed E-state index contributed by atoms with van der Waals surface area (Å²) in [5.74, 6) is 0.203. The number of carbonyl (C=O) groups excluding carboxylic acids is 1. The van der Waals surface area contributed by atoms with Crippen LogP contribution in [-0.4, -0.2) is 67.3 Å². The van der Waals surface area contributed by atoms with Gasteiger partial charge in [0.15, 0.2) is 0 Å². The summed E-state index contributed by atoms with van der Waals surface area (Å²) in [5.41, 5.74) is 0. The summed E-state index contributed by atoms with van der Waals surface area (Å²) < 4.78 is 11.3. The molecule has 0 spiro atoms. The molecule has 2 saturated heterocycles. The zero-order valence-electron chi connectivity index (χ0n) is 13.8. The summed E-state index contributed by atoms with van der Waals surface area (Å²) in [4.78, 5) is 18.1. The van der Waals surface area contributed by atoms with Gasteiger partial charge in [0, 0.05) is 37.7 Å². The topological polar surface area (TPSA) is 42.0 Å². The number of hydrogen-bond donors (Lipinski definition) is 0. The van der Waals surface area contributed by atoms with Crippen molar-refractivity contribution in [1.29, 1.82) is 0 Å². The van der Waals surface area contributed by atoms with Crippen LogP contribution in [0.25, 0.3) is 0 Å². The maximum atomic E-state index is 12.6. The lowest BCUT2D eigenvalue weighted by Gasteiger charge is -2.33. The van der Waals surface area contributed by atoms with E-state index < -0.39 is 0 Å². The number of hydrogen-bond acceptors (Lipinski definition) is 5. The van der Waals surface area contributed by atoms with E-state index in [-0.39, 0.29) is 18.1 Å². The molecule has 1 amide bonds. The van der Waals surface area contributed by atoms with Gasteiger partial charge >= 0.3 is 0 Å². The highest BCUT2D eigenvalue weighted by atomic mass is 32.1. The first kappa shape index (κ1) is 16.9. The molecule has 2 fully saturated rings. The summed E-state index contributed by atoms with van der Waals surface area (Å²) in [5, 5.41) is 2.09. The van der Waals surface area contributed by atoms with E-state index in [9.17, 15) is 4.79 Å². The van der Waals surface area contributed by atoms with Crippen LogP contribution < -0.4 is 0 Å². The molecule has 2 atom stereocenters. The molecular formula is C17H26N2O3S. The maximum absolute atomic E-state index is 12.6. The zero-order chi connectivity index (χ0) is 16.1. The molecule has 6 heteroatoms. The van der Waals surface area contributed by atoms with Crippen LogP contribution in [0.1, 0.15) is 24.6 Å². The van der Waals surface area contributed by atoms with Crippen molar-refractivity contribution in [2.75, 3.05) is 39.4 Å². The summed E-state index contributed by atoms with van der Waals surface area (Å²) in [6.07, 6.45) is 2.64. The number of nitrogens with zero attached hydrogens (tertiary/aromatic N) is 2. The monoisotopic (exact) mass is 338 g/mol. The van der Waals surface area contributed by atoms with Gasteiger partial charge in [0.2, 0.25) is 5.91 Å². The summed E-state index contributed by atoms with van der Waals surface area (Å²) in [6, 6.07) is 4.20. The van der Waals surface area contributed by atoms with Crippen molar-refractivity contribution in [2.24, 2.45) is 0 Å². The number of thiophene rings is 1. The van der Waals surface area contributed by atoms with Crippen molar-refractivity contribution in [1.82, 2.24) is 9.80 Å². The van der Waals surface area contributed by atoms with Gasteiger partial charge in [-0.15, -0.1) is 11.3 Å². The molecule has 1 aromatic rings. The molecule has 5 nitrogen and oxygen atoms in total. The Kier molecular flexibility index (Phi) is 6.05. The van der Waals surface area contributed by atoms with Gasteiger partial charge in [-0.3, -0.25) is 9.69 Å². The van der Waals surface area contributed by atoms with Crippen LogP contribution in [0, 0.1) is 0 Å². The lowest BCUT2D eigenvalue weighted by molar-refractivity contribution is -0.139. The van der Waals surface area contributed by atoms with Crippen molar-refractivity contribution in [2.45, 2.75) is 38.5 Å². The fourth-order valence-corrected chi connectivity index (χ4v) is 3.97. The third-order valence-electron chi connectivity index (χ3n) is 4.40. The van der Waals surface area contributed by atoms with E-state index in [2.05, 4.69) is 22.4 Å². The standard InChI is InChI=1S/C17H26N2O3S/c1-14-10-19(6-8-21-14)17(20)13-18(11-15-4-2-7-22-15)12-16-5-3-9-23-16/h3,5,9,14-15H,2,4,6-8,10-13H2,1H3/t14-,15+/m1/s1. The number of amides is 1. The highest BCUT2D eigenvalue weighted by molar-refractivity contribution is 7.09. The Balaban J connectivity index is 1.58. The molecule has 0 radical (unpaired) electrons. The molecule has 2 aliphatic heterocycles. The summed E-state index contributed by atoms with van der Waals surface area (Å²) >= 11 is 1.74. The second-order valence-corrected chi connectivity index (χ2v) is 7.44. The van der Waals surface area contributed by atoms with Gasteiger partial charge in [-0.05, 0) is 31.2 Å². The number of morpholine rings is 1. The lowest BCUT2D eigenvalue weighted by Crippen LogP contribution is -2.49. The van der Waals surface area contributed by atoms with Gasteiger partial charge < -0.3 is 14.4 Å². The quantitative estimate of drug-likeness (QED) is 0.795. The first-order valence-corrected chi connectivity index (χ1v) is 9.34. The van der Waals surface area contributed by atoms with Crippen LogP contribution in [0.2, 0.25) is 0 Å². The molecule has 0 bridgehead atoms. The minimum Gasteiger partial charge on any atom is -0.377 e. The van der Waals surface area contributed by atoms with Crippen molar-refractivity contribution >= 4 is 17.2 Å². The van der Waals surface area contributed by atoms with Crippen molar-refractivity contribution in [3.05, 3.63) is 22.4 Å². The second-order valence-electron chi connectivity index (χ2n) is 6.41. The molecule has 1 aromatic heterocycles. The third kappa shape index (κ3) is 5.01. The molecule has 23 heavy (non-hydrogen) atoms. The van der Waals surface area contributed by atoms with Gasteiger partial charge in [-0.2, -0.15) is 0 Å². The largest absolute Gasteiger partial charge is 0.377 e. The van der Waals surface area contributed by atoms with Crippen LogP contribution in [-0.2, 0) is 20.8 Å². The molecule has 128 valence electrons. The highest BCUT2D eigenvalue weighted by Crippen LogP contribution is 2.17. The first-order valence-electron chi connectivity index (χ1n) is 8.46. The molecule has 0 N–H and O–H groups in total. The average molecular weight is 338 g/mol. The molecule has 0 aromatic carbocycles. The smallest absolute Gasteiger partial charge is 0.236 e. The van der Waals surface area contributed by atoms with Crippen LogP contribution in [0.5, 0.6) is 0 Å². The molecule has 0 saturated carbocycles. The predicted octanol–water partition coefficient (Wildman–Crippen LogP) is 1.98. The summed E-state index contributed by atoms with van der Waals surface area (Å²) in [6.45, 7) is 7.05.